The number of aromatic nitrogens is 3. The van der Waals surface area contributed by atoms with Crippen LogP contribution >= 0.6 is 11.3 Å². The number of thiazole rings is 1. The van der Waals surface area contributed by atoms with Crippen LogP contribution in [-0.4, -0.2) is 27.0 Å². The number of hydrogen-bond acceptors (Lipinski definition) is 9. The van der Waals surface area contributed by atoms with Crippen molar-refractivity contribution in [3.8, 4) is 17.0 Å². The summed E-state index contributed by atoms with van der Waals surface area (Å²) in [4.78, 5) is 23.7. The molecule has 9 nitrogen and oxygen atoms in total. The van der Waals surface area contributed by atoms with Gasteiger partial charge in [-0.05, 0) is 37.6 Å². The van der Waals surface area contributed by atoms with Gasteiger partial charge in [0.1, 0.15) is 12.1 Å². The summed E-state index contributed by atoms with van der Waals surface area (Å²) < 4.78 is 5.28. The zero-order chi connectivity index (χ0) is 18.8. The molecule has 0 spiro atoms. The molecule has 3 rings (SSSR count). The second-order valence-corrected chi connectivity index (χ2v) is 6.65. The first-order valence-corrected chi connectivity index (χ1v) is 8.36. The molecule has 0 atom stereocenters. The standard InChI is InChI=1S/C16H16N6O3S/c1-8-6-10(4-5-11(8)25-3)12-9(2)26-16(20-12)21-15-13(22(23)24)14(17)18-7-19-15/h4-7H,1-3H3,(H3,17,18,19,20,21). The van der Waals surface area contributed by atoms with Crippen molar-refractivity contribution in [1.82, 2.24) is 15.0 Å². The lowest BCUT2D eigenvalue weighted by molar-refractivity contribution is -0.383. The third kappa shape index (κ3) is 3.26. The average molecular weight is 372 g/mol. The molecule has 0 fully saturated rings. The van der Waals surface area contributed by atoms with E-state index < -0.39 is 4.92 Å². The minimum atomic E-state index is -0.619. The molecule has 0 amide bonds. The largest absolute Gasteiger partial charge is 0.496 e. The molecular formula is C16H16N6O3S. The Morgan fingerprint density at radius 3 is 2.73 bits per heavy atom. The van der Waals surface area contributed by atoms with Crippen LogP contribution in [0.4, 0.5) is 22.5 Å². The third-order valence-electron chi connectivity index (χ3n) is 3.72. The van der Waals surface area contributed by atoms with Crippen LogP contribution < -0.4 is 15.8 Å². The zero-order valence-corrected chi connectivity index (χ0v) is 15.1. The maximum absolute atomic E-state index is 11.2. The molecule has 0 bridgehead atoms. The Kier molecular flexibility index (Phi) is 4.67. The fourth-order valence-electron chi connectivity index (χ4n) is 2.51. The van der Waals surface area contributed by atoms with Gasteiger partial charge >= 0.3 is 5.69 Å². The summed E-state index contributed by atoms with van der Waals surface area (Å²) in [6.45, 7) is 3.89. The van der Waals surface area contributed by atoms with Gasteiger partial charge in [0.25, 0.3) is 0 Å². The first-order valence-electron chi connectivity index (χ1n) is 7.55. The molecule has 0 radical (unpaired) electrons. The van der Waals surface area contributed by atoms with Crippen LogP contribution in [0, 0.1) is 24.0 Å². The lowest BCUT2D eigenvalue weighted by atomic mass is 10.1. The van der Waals surface area contributed by atoms with Crippen LogP contribution in [0.3, 0.4) is 0 Å². The molecule has 0 aliphatic heterocycles. The second kappa shape index (κ2) is 6.92. The summed E-state index contributed by atoms with van der Waals surface area (Å²) in [5.41, 5.74) is 7.92. The van der Waals surface area contributed by atoms with E-state index in [1.54, 1.807) is 7.11 Å². The van der Waals surface area contributed by atoms with E-state index in [2.05, 4.69) is 20.3 Å². The van der Waals surface area contributed by atoms with Crippen molar-refractivity contribution >= 4 is 33.8 Å². The Morgan fingerprint density at radius 1 is 1.31 bits per heavy atom. The van der Waals surface area contributed by atoms with Crippen molar-refractivity contribution in [1.29, 1.82) is 0 Å². The minimum Gasteiger partial charge on any atom is -0.496 e. The molecular weight excluding hydrogens is 356 g/mol. The highest BCUT2D eigenvalue weighted by molar-refractivity contribution is 7.16. The highest BCUT2D eigenvalue weighted by Gasteiger charge is 2.22. The number of benzene rings is 1. The van der Waals surface area contributed by atoms with E-state index in [4.69, 9.17) is 10.5 Å². The predicted octanol–water partition coefficient (Wildman–Crippen LogP) is 3.46. The number of anilines is 3. The maximum Gasteiger partial charge on any atom is 0.353 e. The number of nitrogen functional groups attached to an aromatic ring is 1. The van der Waals surface area contributed by atoms with Gasteiger partial charge in [0, 0.05) is 10.4 Å². The second-order valence-electron chi connectivity index (χ2n) is 5.45. The molecule has 10 heteroatoms. The van der Waals surface area contributed by atoms with Crippen molar-refractivity contribution in [2.24, 2.45) is 0 Å². The fraction of sp³-hybridized carbons (Fsp3) is 0.188. The number of hydrogen-bond donors (Lipinski definition) is 2. The van der Waals surface area contributed by atoms with Gasteiger partial charge in [0.05, 0.1) is 17.7 Å². The minimum absolute atomic E-state index is 0.00807. The number of nitrogens with one attached hydrogen (secondary N) is 1. The topological polar surface area (TPSA) is 129 Å². The van der Waals surface area contributed by atoms with Gasteiger partial charge in [-0.25, -0.2) is 15.0 Å². The number of nitro groups is 1. The SMILES string of the molecule is COc1ccc(-c2nc(Nc3ncnc(N)c3[N+](=O)[O-])sc2C)cc1C. The van der Waals surface area contributed by atoms with E-state index in [-0.39, 0.29) is 17.3 Å². The molecule has 26 heavy (non-hydrogen) atoms. The monoisotopic (exact) mass is 372 g/mol. The Bertz CT molecular complexity index is 988. The summed E-state index contributed by atoms with van der Waals surface area (Å²) in [6, 6.07) is 5.78. The first-order chi connectivity index (χ1) is 12.4. The molecule has 2 heterocycles. The van der Waals surface area contributed by atoms with E-state index in [1.165, 1.54) is 17.7 Å². The summed E-state index contributed by atoms with van der Waals surface area (Å²) in [7, 11) is 1.62. The number of methoxy groups -OCH3 is 1. The maximum atomic E-state index is 11.2. The van der Waals surface area contributed by atoms with E-state index in [1.807, 2.05) is 32.0 Å². The summed E-state index contributed by atoms with van der Waals surface area (Å²) in [5.74, 6) is 0.604. The number of nitrogens with zero attached hydrogens (tertiary/aromatic N) is 4. The van der Waals surface area contributed by atoms with Crippen LogP contribution in [0.25, 0.3) is 11.3 Å². The number of nitrogens with two attached hydrogens (primary N) is 1. The number of aryl methyl sites for hydroxylation is 2. The Balaban J connectivity index is 1.96. The number of ether oxygens (including phenoxy) is 1. The highest BCUT2D eigenvalue weighted by Crippen LogP contribution is 2.35. The lowest BCUT2D eigenvalue weighted by Gasteiger charge is -2.06. The molecule has 3 N–H and O–H groups in total. The smallest absolute Gasteiger partial charge is 0.353 e. The molecule has 0 unspecified atom stereocenters. The normalized spacial score (nSPS) is 10.6. The van der Waals surface area contributed by atoms with Gasteiger partial charge < -0.3 is 15.8 Å². The Hall–Kier alpha value is -3.27. The van der Waals surface area contributed by atoms with E-state index >= 15 is 0 Å². The average Bonchev–Trinajstić information content (AvgIpc) is 2.94. The molecule has 0 aliphatic carbocycles. The van der Waals surface area contributed by atoms with Crippen LogP contribution in [0.5, 0.6) is 5.75 Å². The van der Waals surface area contributed by atoms with Crippen LogP contribution in [0.2, 0.25) is 0 Å². The summed E-state index contributed by atoms with van der Waals surface area (Å²) in [5, 5.41) is 14.6. The quantitative estimate of drug-likeness (QED) is 0.514. The van der Waals surface area contributed by atoms with Crippen molar-refractivity contribution in [2.45, 2.75) is 13.8 Å². The van der Waals surface area contributed by atoms with Crippen LogP contribution in [0.15, 0.2) is 24.5 Å². The van der Waals surface area contributed by atoms with Gasteiger partial charge in [0.2, 0.25) is 11.6 Å². The van der Waals surface area contributed by atoms with Crippen molar-refractivity contribution in [3.05, 3.63) is 45.1 Å². The molecule has 0 saturated carbocycles. The van der Waals surface area contributed by atoms with Crippen molar-refractivity contribution < 1.29 is 9.66 Å². The summed E-state index contributed by atoms with van der Waals surface area (Å²) >= 11 is 1.37. The Morgan fingerprint density at radius 2 is 2.08 bits per heavy atom. The first kappa shape index (κ1) is 17.5. The van der Waals surface area contributed by atoms with E-state index in [9.17, 15) is 10.1 Å². The highest BCUT2D eigenvalue weighted by atomic mass is 32.1. The zero-order valence-electron chi connectivity index (χ0n) is 14.3. The summed E-state index contributed by atoms with van der Waals surface area (Å²) in [6.07, 6.45) is 1.17. The van der Waals surface area contributed by atoms with Gasteiger partial charge in [0.15, 0.2) is 5.13 Å². The molecule has 134 valence electrons. The Labute approximate surface area is 153 Å². The van der Waals surface area contributed by atoms with E-state index in [0.29, 0.717) is 5.13 Å². The number of rotatable bonds is 5. The molecule has 0 saturated heterocycles. The van der Waals surface area contributed by atoms with Gasteiger partial charge in [-0.1, -0.05) is 0 Å². The van der Waals surface area contributed by atoms with E-state index in [0.717, 1.165) is 27.4 Å². The van der Waals surface area contributed by atoms with Crippen LogP contribution in [0.1, 0.15) is 10.4 Å². The molecule has 0 aliphatic rings. The molecule has 1 aromatic carbocycles. The van der Waals surface area contributed by atoms with Gasteiger partial charge in [-0.15, -0.1) is 11.3 Å². The molecule has 2 aromatic heterocycles. The predicted molar refractivity (Wildman–Crippen MR) is 100.0 cm³/mol. The third-order valence-corrected chi connectivity index (χ3v) is 4.61. The van der Waals surface area contributed by atoms with Crippen molar-refractivity contribution in [2.75, 3.05) is 18.2 Å². The van der Waals surface area contributed by atoms with Gasteiger partial charge in [-0.2, -0.15) is 0 Å². The lowest BCUT2D eigenvalue weighted by Crippen LogP contribution is -2.04. The van der Waals surface area contributed by atoms with Crippen molar-refractivity contribution in [3.63, 3.8) is 0 Å². The molecule has 3 aromatic rings. The van der Waals surface area contributed by atoms with Gasteiger partial charge in [-0.3, -0.25) is 10.1 Å². The fourth-order valence-corrected chi connectivity index (χ4v) is 3.34. The van der Waals surface area contributed by atoms with Crippen LogP contribution in [-0.2, 0) is 0 Å².